The van der Waals surface area contributed by atoms with Gasteiger partial charge in [-0.15, -0.1) is 0 Å². The number of nitrogens with one attached hydrogen (secondary N) is 2. The maximum atomic E-state index is 11.3. The highest BCUT2D eigenvalue weighted by Gasteiger charge is 2.18. The first kappa shape index (κ1) is 13.4. The molecule has 0 rings (SSSR count). The molecule has 84 valence electrons. The Kier molecular flexibility index (Phi) is 6.49. The third kappa shape index (κ3) is 4.58. The highest BCUT2D eigenvalue weighted by atomic mass is 16.5. The molecule has 0 aliphatic carbocycles. The Morgan fingerprint density at radius 3 is 2.29 bits per heavy atom. The van der Waals surface area contributed by atoms with Gasteiger partial charge in [-0.05, 0) is 12.8 Å². The number of methoxy groups -OCH3 is 1. The zero-order valence-corrected chi connectivity index (χ0v) is 9.76. The van der Waals surface area contributed by atoms with Gasteiger partial charge in [-0.2, -0.15) is 0 Å². The average molecular weight is 202 g/mol. The summed E-state index contributed by atoms with van der Waals surface area (Å²) >= 11 is 0. The molecule has 4 nitrogen and oxygen atoms in total. The molecule has 0 aliphatic heterocycles. The number of carbonyl (C=O) groups excluding carboxylic acids is 1. The van der Waals surface area contributed by atoms with Gasteiger partial charge in [0.15, 0.2) is 0 Å². The number of rotatable bonds is 6. The van der Waals surface area contributed by atoms with Gasteiger partial charge in [0.05, 0.1) is 12.6 Å². The van der Waals surface area contributed by atoms with Crippen LogP contribution in [0, 0.1) is 5.92 Å². The fourth-order valence-corrected chi connectivity index (χ4v) is 1.23. The molecule has 0 aromatic rings. The third-order valence-corrected chi connectivity index (χ3v) is 2.25. The molecule has 0 aromatic heterocycles. The maximum absolute atomic E-state index is 11.3. The van der Waals surface area contributed by atoms with Crippen LogP contribution in [-0.2, 0) is 9.53 Å². The van der Waals surface area contributed by atoms with Crippen LogP contribution in [0.25, 0.3) is 0 Å². The smallest absolute Gasteiger partial charge is 0.236 e. The van der Waals surface area contributed by atoms with Crippen molar-refractivity contribution in [3.05, 3.63) is 0 Å². The predicted octanol–water partition coefficient (Wildman–Crippen LogP) is 0.381. The number of carbonyl (C=O) groups is 1. The summed E-state index contributed by atoms with van der Waals surface area (Å²) in [5.74, 6) is 0.453. The Bertz CT molecular complexity index is 172. The lowest BCUT2D eigenvalue weighted by Gasteiger charge is -2.24. The molecule has 0 bridgehead atoms. The molecule has 0 radical (unpaired) electrons. The van der Waals surface area contributed by atoms with Crippen molar-refractivity contribution < 1.29 is 9.53 Å². The molecule has 0 saturated carbocycles. The van der Waals surface area contributed by atoms with Gasteiger partial charge >= 0.3 is 0 Å². The van der Waals surface area contributed by atoms with Crippen LogP contribution in [0.1, 0.15) is 20.8 Å². The molecule has 0 heterocycles. The van der Waals surface area contributed by atoms with Gasteiger partial charge in [0, 0.05) is 20.2 Å². The van der Waals surface area contributed by atoms with Crippen molar-refractivity contribution in [1.29, 1.82) is 0 Å². The second-order valence-electron chi connectivity index (χ2n) is 3.81. The highest BCUT2D eigenvalue weighted by molar-refractivity contribution is 5.80. The van der Waals surface area contributed by atoms with Gasteiger partial charge in [0.25, 0.3) is 0 Å². The van der Waals surface area contributed by atoms with Crippen LogP contribution in [0.5, 0.6) is 0 Å². The minimum absolute atomic E-state index is 0.00625. The molecule has 1 unspecified atom stereocenters. The molecule has 0 aliphatic rings. The SMILES string of the molecule is CNC(=O)[C@@H](C)NC(COC)C(C)C. The standard InChI is InChI=1S/C10H22N2O2/c1-7(2)9(6-14-5)12-8(3)10(13)11-4/h7-9,12H,6H2,1-5H3,(H,11,13)/t8-,9?/m1/s1. The Balaban J connectivity index is 4.08. The first-order valence-corrected chi connectivity index (χ1v) is 4.99. The lowest BCUT2D eigenvalue weighted by Crippen LogP contribution is -2.49. The molecule has 1 amide bonds. The van der Waals surface area contributed by atoms with Gasteiger partial charge in [-0.25, -0.2) is 0 Å². The van der Waals surface area contributed by atoms with E-state index in [9.17, 15) is 4.79 Å². The zero-order chi connectivity index (χ0) is 11.1. The number of hydrogen-bond acceptors (Lipinski definition) is 3. The average Bonchev–Trinajstić information content (AvgIpc) is 2.15. The fourth-order valence-electron chi connectivity index (χ4n) is 1.23. The van der Waals surface area contributed by atoms with E-state index < -0.39 is 0 Å². The second-order valence-corrected chi connectivity index (χ2v) is 3.81. The lowest BCUT2D eigenvalue weighted by molar-refractivity contribution is -0.122. The molecule has 0 fully saturated rings. The molecule has 0 aromatic carbocycles. The van der Waals surface area contributed by atoms with E-state index in [1.807, 2.05) is 6.92 Å². The molecule has 2 N–H and O–H groups in total. The Labute approximate surface area is 86.4 Å². The summed E-state index contributed by atoms with van der Waals surface area (Å²) in [5.41, 5.74) is 0. The van der Waals surface area contributed by atoms with Crippen molar-refractivity contribution in [3.8, 4) is 0 Å². The Morgan fingerprint density at radius 2 is 1.93 bits per heavy atom. The Hall–Kier alpha value is -0.610. The first-order valence-electron chi connectivity index (χ1n) is 4.99. The highest BCUT2D eigenvalue weighted by Crippen LogP contribution is 2.03. The summed E-state index contributed by atoms with van der Waals surface area (Å²) in [6, 6.07) is 0.0369. The van der Waals surface area contributed by atoms with Crippen LogP contribution in [0.4, 0.5) is 0 Å². The van der Waals surface area contributed by atoms with E-state index in [2.05, 4.69) is 24.5 Å². The monoisotopic (exact) mass is 202 g/mol. The largest absolute Gasteiger partial charge is 0.383 e. The van der Waals surface area contributed by atoms with Gasteiger partial charge in [0.2, 0.25) is 5.91 Å². The molecule has 2 atom stereocenters. The van der Waals surface area contributed by atoms with Crippen molar-refractivity contribution in [2.75, 3.05) is 20.8 Å². The predicted molar refractivity (Wildman–Crippen MR) is 57.2 cm³/mol. The van der Waals surface area contributed by atoms with Crippen LogP contribution in [0.2, 0.25) is 0 Å². The van der Waals surface area contributed by atoms with E-state index in [1.165, 1.54) is 0 Å². The minimum Gasteiger partial charge on any atom is -0.383 e. The van der Waals surface area contributed by atoms with Gasteiger partial charge in [0.1, 0.15) is 0 Å². The summed E-state index contributed by atoms with van der Waals surface area (Å²) in [7, 11) is 3.31. The quantitative estimate of drug-likeness (QED) is 0.655. The fraction of sp³-hybridized carbons (Fsp3) is 0.900. The summed E-state index contributed by atoms with van der Waals surface area (Å²) in [4.78, 5) is 11.3. The van der Waals surface area contributed by atoms with E-state index >= 15 is 0 Å². The number of likely N-dealkylation sites (N-methyl/N-ethyl adjacent to an activating group) is 1. The summed E-state index contributed by atoms with van der Waals surface area (Å²) < 4.78 is 5.09. The number of amides is 1. The zero-order valence-electron chi connectivity index (χ0n) is 9.76. The molecular formula is C10H22N2O2. The van der Waals surface area contributed by atoms with Crippen LogP contribution in [-0.4, -0.2) is 38.8 Å². The van der Waals surface area contributed by atoms with Crippen molar-refractivity contribution in [3.63, 3.8) is 0 Å². The van der Waals surface area contributed by atoms with E-state index in [0.29, 0.717) is 12.5 Å². The molecular weight excluding hydrogens is 180 g/mol. The molecule has 4 heteroatoms. The molecule has 0 spiro atoms. The summed E-state index contributed by atoms with van der Waals surface area (Å²) in [6.45, 7) is 6.68. The third-order valence-electron chi connectivity index (χ3n) is 2.25. The lowest BCUT2D eigenvalue weighted by atomic mass is 10.0. The van der Waals surface area contributed by atoms with Crippen molar-refractivity contribution in [2.45, 2.75) is 32.9 Å². The van der Waals surface area contributed by atoms with Crippen LogP contribution >= 0.6 is 0 Å². The van der Waals surface area contributed by atoms with Crippen molar-refractivity contribution >= 4 is 5.91 Å². The minimum atomic E-state index is -0.178. The summed E-state index contributed by atoms with van der Waals surface area (Å²) in [5, 5.41) is 5.84. The van der Waals surface area contributed by atoms with Gasteiger partial charge in [-0.3, -0.25) is 4.79 Å². The van der Waals surface area contributed by atoms with Crippen LogP contribution in [0.15, 0.2) is 0 Å². The number of ether oxygens (including phenoxy) is 1. The van der Waals surface area contributed by atoms with E-state index in [1.54, 1.807) is 14.2 Å². The molecule has 14 heavy (non-hydrogen) atoms. The van der Waals surface area contributed by atoms with Crippen molar-refractivity contribution in [1.82, 2.24) is 10.6 Å². The topological polar surface area (TPSA) is 50.4 Å². The van der Waals surface area contributed by atoms with E-state index in [4.69, 9.17) is 4.74 Å². The Morgan fingerprint density at radius 1 is 1.36 bits per heavy atom. The molecule has 0 saturated heterocycles. The number of hydrogen-bond donors (Lipinski definition) is 2. The second kappa shape index (κ2) is 6.79. The first-order chi connectivity index (χ1) is 6.52. The van der Waals surface area contributed by atoms with E-state index in [0.717, 1.165) is 0 Å². The van der Waals surface area contributed by atoms with Gasteiger partial charge < -0.3 is 15.4 Å². The van der Waals surface area contributed by atoms with Gasteiger partial charge in [-0.1, -0.05) is 13.8 Å². The van der Waals surface area contributed by atoms with Crippen LogP contribution in [0.3, 0.4) is 0 Å². The van der Waals surface area contributed by atoms with E-state index in [-0.39, 0.29) is 18.0 Å². The van der Waals surface area contributed by atoms with Crippen molar-refractivity contribution in [2.24, 2.45) is 5.92 Å². The normalized spacial score (nSPS) is 15.3. The summed E-state index contributed by atoms with van der Waals surface area (Å²) in [6.07, 6.45) is 0. The maximum Gasteiger partial charge on any atom is 0.236 e. The van der Waals surface area contributed by atoms with Crippen LogP contribution < -0.4 is 10.6 Å².